The van der Waals surface area contributed by atoms with Crippen molar-refractivity contribution in [3.05, 3.63) is 54.0 Å². The van der Waals surface area contributed by atoms with Gasteiger partial charge in [0.05, 0.1) is 24.8 Å². The van der Waals surface area contributed by atoms with Gasteiger partial charge in [0.2, 0.25) is 0 Å². The molecule has 1 aromatic carbocycles. The van der Waals surface area contributed by atoms with Crippen LogP contribution in [-0.2, 0) is 9.53 Å². The molecule has 0 bridgehead atoms. The minimum Gasteiger partial charge on any atom is -0.469 e. The van der Waals surface area contributed by atoms with E-state index >= 15 is 0 Å². The fraction of sp³-hybridized carbons (Fsp3) is 0.188. The van der Waals surface area contributed by atoms with Crippen LogP contribution in [0.3, 0.4) is 0 Å². The highest BCUT2D eigenvalue weighted by Crippen LogP contribution is 2.17. The van der Waals surface area contributed by atoms with Gasteiger partial charge >= 0.3 is 5.97 Å². The Morgan fingerprint density at radius 1 is 1.27 bits per heavy atom. The number of halogens is 1. The average Bonchev–Trinajstić information content (AvgIpc) is 2.54. The Labute approximate surface area is 127 Å². The van der Waals surface area contributed by atoms with Crippen LogP contribution in [-0.4, -0.2) is 30.5 Å². The third-order valence-electron chi connectivity index (χ3n) is 2.99. The molecular formula is C16H15FN2O3. The first-order valence-corrected chi connectivity index (χ1v) is 6.67. The average molecular weight is 302 g/mol. The van der Waals surface area contributed by atoms with E-state index in [0.717, 1.165) is 0 Å². The van der Waals surface area contributed by atoms with Gasteiger partial charge < -0.3 is 10.1 Å². The summed E-state index contributed by atoms with van der Waals surface area (Å²) in [4.78, 5) is 26.9. The van der Waals surface area contributed by atoms with Crippen molar-refractivity contribution in [3.63, 3.8) is 0 Å². The van der Waals surface area contributed by atoms with Gasteiger partial charge in [-0.05, 0) is 24.3 Å². The largest absolute Gasteiger partial charge is 0.469 e. The maximum atomic E-state index is 13.2. The summed E-state index contributed by atoms with van der Waals surface area (Å²) in [5.41, 5.74) is 1.58. The molecule has 0 saturated carbocycles. The number of rotatable bonds is 5. The van der Waals surface area contributed by atoms with E-state index < -0.39 is 0 Å². The maximum absolute atomic E-state index is 13.2. The molecule has 6 heteroatoms. The number of amides is 1. The first-order valence-electron chi connectivity index (χ1n) is 6.67. The van der Waals surface area contributed by atoms with Gasteiger partial charge in [-0.2, -0.15) is 0 Å². The van der Waals surface area contributed by atoms with Crippen LogP contribution in [0.4, 0.5) is 4.39 Å². The van der Waals surface area contributed by atoms with Gasteiger partial charge in [-0.1, -0.05) is 12.1 Å². The summed E-state index contributed by atoms with van der Waals surface area (Å²) in [6.07, 6.45) is 1.52. The molecule has 2 rings (SSSR count). The summed E-state index contributed by atoms with van der Waals surface area (Å²) < 4.78 is 17.6. The zero-order valence-electron chi connectivity index (χ0n) is 12.0. The number of nitrogens with zero attached hydrogens (tertiary/aromatic N) is 1. The zero-order valence-corrected chi connectivity index (χ0v) is 12.0. The van der Waals surface area contributed by atoms with Crippen LogP contribution in [0.5, 0.6) is 0 Å². The number of methoxy groups -OCH3 is 1. The van der Waals surface area contributed by atoms with E-state index in [1.165, 1.54) is 25.4 Å². The summed E-state index contributed by atoms with van der Waals surface area (Å²) in [6.45, 7) is 0.192. The fourth-order valence-corrected chi connectivity index (χ4v) is 1.83. The zero-order chi connectivity index (χ0) is 15.9. The Bertz CT molecular complexity index is 671. The van der Waals surface area contributed by atoms with Crippen molar-refractivity contribution in [1.82, 2.24) is 10.3 Å². The van der Waals surface area contributed by atoms with Gasteiger partial charge in [0.25, 0.3) is 5.91 Å². The van der Waals surface area contributed by atoms with Gasteiger partial charge in [0, 0.05) is 18.3 Å². The number of esters is 1. The van der Waals surface area contributed by atoms with E-state index in [0.29, 0.717) is 16.8 Å². The second-order valence-electron chi connectivity index (χ2n) is 4.52. The van der Waals surface area contributed by atoms with Crippen LogP contribution in [0, 0.1) is 5.82 Å². The third kappa shape index (κ3) is 4.12. The summed E-state index contributed by atoms with van der Waals surface area (Å²) in [5, 5.41) is 2.59. The molecule has 0 spiro atoms. The summed E-state index contributed by atoms with van der Waals surface area (Å²) in [7, 11) is 1.29. The molecule has 0 aliphatic heterocycles. The monoisotopic (exact) mass is 302 g/mol. The highest BCUT2D eigenvalue weighted by Gasteiger charge is 2.08. The number of nitrogens with one attached hydrogen (secondary N) is 1. The van der Waals surface area contributed by atoms with Crippen LogP contribution in [0.1, 0.15) is 16.8 Å². The molecule has 114 valence electrons. The summed E-state index contributed by atoms with van der Waals surface area (Å²) >= 11 is 0. The topological polar surface area (TPSA) is 68.3 Å². The van der Waals surface area contributed by atoms with E-state index in [4.69, 9.17) is 0 Å². The number of hydrogen-bond acceptors (Lipinski definition) is 4. The molecular weight excluding hydrogens is 287 g/mol. The minimum atomic E-state index is -0.389. The molecule has 1 N–H and O–H groups in total. The molecule has 0 radical (unpaired) electrons. The summed E-state index contributed by atoms with van der Waals surface area (Å²) in [6, 6.07) is 9.30. The highest BCUT2D eigenvalue weighted by molar-refractivity contribution is 5.94. The fourth-order valence-electron chi connectivity index (χ4n) is 1.83. The molecule has 22 heavy (non-hydrogen) atoms. The van der Waals surface area contributed by atoms with Crippen LogP contribution < -0.4 is 5.32 Å². The van der Waals surface area contributed by atoms with Gasteiger partial charge in [0.1, 0.15) is 5.82 Å². The quantitative estimate of drug-likeness (QED) is 0.860. The molecule has 1 heterocycles. The number of aromatic nitrogens is 1. The lowest BCUT2D eigenvalue weighted by atomic mass is 10.1. The van der Waals surface area contributed by atoms with Crippen LogP contribution in [0.2, 0.25) is 0 Å². The normalized spacial score (nSPS) is 10.1. The van der Waals surface area contributed by atoms with Crippen molar-refractivity contribution < 1.29 is 18.7 Å². The second-order valence-corrected chi connectivity index (χ2v) is 4.52. The van der Waals surface area contributed by atoms with Gasteiger partial charge in [-0.15, -0.1) is 0 Å². The molecule has 2 aromatic rings. The molecule has 1 aromatic heterocycles. The smallest absolute Gasteiger partial charge is 0.307 e. The van der Waals surface area contributed by atoms with Crippen molar-refractivity contribution >= 4 is 11.9 Å². The highest BCUT2D eigenvalue weighted by atomic mass is 19.1. The van der Waals surface area contributed by atoms with Crippen molar-refractivity contribution in [2.45, 2.75) is 6.42 Å². The molecule has 0 aliphatic rings. The lowest BCUT2D eigenvalue weighted by Gasteiger charge is -2.05. The molecule has 0 unspecified atom stereocenters. The Hall–Kier alpha value is -2.76. The van der Waals surface area contributed by atoms with E-state index in [9.17, 15) is 14.0 Å². The number of hydrogen-bond donors (Lipinski definition) is 1. The van der Waals surface area contributed by atoms with Gasteiger partial charge in [-0.3, -0.25) is 14.6 Å². The molecule has 0 fully saturated rings. The van der Waals surface area contributed by atoms with E-state index in [1.54, 1.807) is 24.3 Å². The lowest BCUT2D eigenvalue weighted by Crippen LogP contribution is -2.26. The first kappa shape index (κ1) is 15.6. The van der Waals surface area contributed by atoms with Crippen molar-refractivity contribution in [1.29, 1.82) is 0 Å². The van der Waals surface area contributed by atoms with Gasteiger partial charge in [0.15, 0.2) is 0 Å². The summed E-state index contributed by atoms with van der Waals surface area (Å²) in [5.74, 6) is -1.06. The SMILES string of the molecule is COC(=O)CCNC(=O)c1ccc(-c2cccc(F)c2)nc1. The third-order valence-corrected chi connectivity index (χ3v) is 2.99. The van der Waals surface area contributed by atoms with Crippen LogP contribution in [0.15, 0.2) is 42.6 Å². The van der Waals surface area contributed by atoms with Crippen molar-refractivity contribution in [3.8, 4) is 11.3 Å². The number of carbonyl (C=O) groups excluding carboxylic acids is 2. The van der Waals surface area contributed by atoms with Crippen molar-refractivity contribution in [2.24, 2.45) is 0 Å². The Kier molecular flexibility index (Phi) is 5.19. The molecule has 0 atom stereocenters. The molecule has 5 nitrogen and oxygen atoms in total. The maximum Gasteiger partial charge on any atom is 0.307 e. The molecule has 1 amide bonds. The van der Waals surface area contributed by atoms with E-state index in [1.807, 2.05) is 0 Å². The van der Waals surface area contributed by atoms with Crippen molar-refractivity contribution in [2.75, 3.05) is 13.7 Å². The van der Waals surface area contributed by atoms with E-state index in [2.05, 4.69) is 15.0 Å². The Morgan fingerprint density at radius 3 is 2.73 bits per heavy atom. The van der Waals surface area contributed by atoms with Crippen LogP contribution in [0.25, 0.3) is 11.3 Å². The number of ether oxygens (including phenoxy) is 1. The number of pyridine rings is 1. The molecule has 0 saturated heterocycles. The first-order chi connectivity index (χ1) is 10.6. The number of carbonyl (C=O) groups is 2. The second kappa shape index (κ2) is 7.31. The van der Waals surface area contributed by atoms with Gasteiger partial charge in [-0.25, -0.2) is 4.39 Å². The predicted octanol–water partition coefficient (Wildman–Crippen LogP) is 2.18. The standard InChI is InChI=1S/C16H15FN2O3/c1-22-15(20)7-8-18-16(21)12-5-6-14(19-10-12)11-3-2-4-13(17)9-11/h2-6,9-10H,7-8H2,1H3,(H,18,21). The van der Waals surface area contributed by atoms with E-state index in [-0.39, 0.29) is 30.7 Å². The number of benzene rings is 1. The van der Waals surface area contributed by atoms with Crippen LogP contribution >= 0.6 is 0 Å². The Morgan fingerprint density at radius 2 is 2.09 bits per heavy atom. The predicted molar refractivity (Wildman–Crippen MR) is 78.6 cm³/mol. The lowest BCUT2D eigenvalue weighted by molar-refractivity contribution is -0.140. The molecule has 0 aliphatic carbocycles. The minimum absolute atomic E-state index is 0.108. The Balaban J connectivity index is 1.99.